The van der Waals surface area contributed by atoms with Gasteiger partial charge in [-0.3, -0.25) is 0 Å². The molecule has 0 fully saturated rings. The second-order valence-electron chi connectivity index (χ2n) is 4.51. The first-order chi connectivity index (χ1) is 6.71. The van der Waals surface area contributed by atoms with Crippen molar-refractivity contribution in [3.8, 4) is 0 Å². The Hall–Kier alpha value is 1.38. The Labute approximate surface area is 125 Å². The van der Waals surface area contributed by atoms with Crippen molar-refractivity contribution in [3.63, 3.8) is 0 Å². The van der Waals surface area contributed by atoms with Crippen LogP contribution in [0.5, 0.6) is 0 Å². The maximum Gasteiger partial charge on any atom is 0.329 e. The molecule has 0 aliphatic rings. The molecular weight excluding hydrogens is 317 g/mol. The Morgan fingerprint density at radius 2 is 1.12 bits per heavy atom. The summed E-state index contributed by atoms with van der Waals surface area (Å²) in [7, 11) is -5.70. The van der Waals surface area contributed by atoms with E-state index in [0.717, 1.165) is 25.7 Å². The van der Waals surface area contributed by atoms with Gasteiger partial charge in [-0.25, -0.2) is 0 Å². The molecule has 7 heteroatoms. The van der Waals surface area contributed by atoms with E-state index in [0.29, 0.717) is 12.1 Å². The van der Waals surface area contributed by atoms with Gasteiger partial charge < -0.3 is 25.6 Å². The predicted octanol–water partition coefficient (Wildman–Crippen LogP) is 0.862. The molecule has 0 aromatic heterocycles. The summed E-state index contributed by atoms with van der Waals surface area (Å²) in [4.78, 5) is 36.6. The van der Waals surface area contributed by atoms with Crippen LogP contribution in [-0.2, 0) is 32.7 Å². The summed E-state index contributed by atoms with van der Waals surface area (Å²) in [6.45, 7) is 3.03. The van der Waals surface area contributed by atoms with Gasteiger partial charge in [-0.15, -0.1) is 0 Å². The molecule has 0 aromatic carbocycles. The zero-order valence-corrected chi connectivity index (χ0v) is 15.0. The molecular formula is C9H23O4Si2Y-. The van der Waals surface area contributed by atoms with Crippen LogP contribution in [0.3, 0.4) is 0 Å². The second kappa shape index (κ2) is 9.33. The molecule has 0 saturated carbocycles. The fraction of sp³-hybridized carbons (Fsp3) is 0.889. The van der Waals surface area contributed by atoms with Crippen molar-refractivity contribution >= 4 is 17.1 Å². The third kappa shape index (κ3) is 17.8. The number of hydrogen-bond acceptors (Lipinski definition) is 4. The largest absolute Gasteiger partial charge is 0.411 e. The van der Waals surface area contributed by atoms with Gasteiger partial charge in [0.05, 0.1) is 0 Å². The fourth-order valence-corrected chi connectivity index (χ4v) is 3.05. The average molecular weight is 340 g/mol. The third-order valence-corrected chi connectivity index (χ3v) is 4.72. The van der Waals surface area contributed by atoms with Crippen LogP contribution in [-0.4, -0.2) is 36.3 Å². The molecule has 0 bridgehead atoms. The number of hydrogen-bond donors (Lipinski definition) is 4. The van der Waals surface area contributed by atoms with Gasteiger partial charge in [-0.1, -0.05) is 12.8 Å². The van der Waals surface area contributed by atoms with Gasteiger partial charge >= 0.3 is 17.1 Å². The Morgan fingerprint density at radius 1 is 0.812 bits per heavy atom. The molecule has 0 aliphatic heterocycles. The van der Waals surface area contributed by atoms with Crippen LogP contribution < -0.4 is 0 Å². The van der Waals surface area contributed by atoms with E-state index in [1.807, 2.05) is 0 Å². The summed E-state index contributed by atoms with van der Waals surface area (Å²) in [5.74, 6) is 0. The van der Waals surface area contributed by atoms with Gasteiger partial charge in [0.15, 0.2) is 0 Å². The summed E-state index contributed by atoms with van der Waals surface area (Å²) >= 11 is 0. The summed E-state index contributed by atoms with van der Waals surface area (Å²) < 4.78 is 0. The second-order valence-corrected chi connectivity index (χ2v) is 10.4. The molecule has 0 amide bonds. The smallest absolute Gasteiger partial charge is 0.329 e. The van der Waals surface area contributed by atoms with E-state index in [1.54, 1.807) is 0 Å². The minimum absolute atomic E-state index is 0. The Morgan fingerprint density at radius 3 is 1.38 bits per heavy atom. The number of rotatable bonds is 8. The summed E-state index contributed by atoms with van der Waals surface area (Å²) in [6, 6.07) is 1.02. The quantitative estimate of drug-likeness (QED) is 0.300. The molecule has 16 heavy (non-hydrogen) atoms. The SMILES string of the molecule is C[Si](O)(O)CCC[CH-]CCC[Si](C)(O)O.[Y]. The van der Waals surface area contributed by atoms with Crippen molar-refractivity contribution < 1.29 is 51.9 Å². The van der Waals surface area contributed by atoms with Gasteiger partial charge in [0.1, 0.15) is 0 Å². The molecule has 0 saturated heterocycles. The zero-order valence-electron chi connectivity index (χ0n) is 10.2. The molecule has 4 N–H and O–H groups in total. The van der Waals surface area contributed by atoms with Gasteiger partial charge in [-0.05, 0) is 25.2 Å². The van der Waals surface area contributed by atoms with Crippen LogP contribution >= 0.6 is 0 Å². The van der Waals surface area contributed by atoms with E-state index < -0.39 is 17.1 Å². The van der Waals surface area contributed by atoms with Crippen LogP contribution in [0.2, 0.25) is 25.2 Å². The monoisotopic (exact) mass is 340 g/mol. The summed E-state index contributed by atoms with van der Waals surface area (Å²) in [6.07, 6.45) is 5.45. The topological polar surface area (TPSA) is 80.9 Å². The first-order valence-electron chi connectivity index (χ1n) is 5.42. The van der Waals surface area contributed by atoms with E-state index in [9.17, 15) is 0 Å². The van der Waals surface area contributed by atoms with Gasteiger partial charge in [0, 0.05) is 32.7 Å². The third-order valence-electron chi connectivity index (χ3n) is 2.12. The fourth-order valence-electron chi connectivity index (χ4n) is 1.31. The van der Waals surface area contributed by atoms with Crippen molar-refractivity contribution in [3.05, 3.63) is 6.42 Å². The molecule has 0 spiro atoms. The van der Waals surface area contributed by atoms with Gasteiger partial charge in [0.2, 0.25) is 0 Å². The van der Waals surface area contributed by atoms with Crippen molar-refractivity contribution in [2.75, 3.05) is 0 Å². The van der Waals surface area contributed by atoms with E-state index >= 15 is 0 Å². The molecule has 0 heterocycles. The predicted molar refractivity (Wildman–Crippen MR) is 64.5 cm³/mol. The van der Waals surface area contributed by atoms with Crippen LogP contribution in [0, 0.1) is 6.42 Å². The van der Waals surface area contributed by atoms with E-state index in [1.165, 1.54) is 13.1 Å². The van der Waals surface area contributed by atoms with E-state index in [-0.39, 0.29) is 32.7 Å². The number of unbranched alkanes of at least 4 members (excludes halogenated alkanes) is 4. The van der Waals surface area contributed by atoms with Crippen molar-refractivity contribution in [2.45, 2.75) is 50.9 Å². The Balaban J connectivity index is 0. The minimum atomic E-state index is -2.85. The van der Waals surface area contributed by atoms with Crippen LogP contribution in [0.1, 0.15) is 25.7 Å². The molecule has 0 unspecified atom stereocenters. The summed E-state index contributed by atoms with van der Waals surface area (Å²) in [5.41, 5.74) is 0. The molecule has 1 radical (unpaired) electrons. The maximum absolute atomic E-state index is 9.15. The Bertz CT molecular complexity index is 150. The van der Waals surface area contributed by atoms with Crippen LogP contribution in [0.15, 0.2) is 0 Å². The molecule has 4 nitrogen and oxygen atoms in total. The summed E-state index contributed by atoms with van der Waals surface area (Å²) in [5, 5.41) is 0. The van der Waals surface area contributed by atoms with Gasteiger partial charge in [0.25, 0.3) is 0 Å². The van der Waals surface area contributed by atoms with E-state index in [2.05, 4.69) is 6.42 Å². The molecule has 95 valence electrons. The minimum Gasteiger partial charge on any atom is -0.411 e. The van der Waals surface area contributed by atoms with Gasteiger partial charge in [-0.2, -0.15) is 12.8 Å². The van der Waals surface area contributed by atoms with Crippen molar-refractivity contribution in [1.29, 1.82) is 0 Å². The molecule has 0 aromatic rings. The first kappa shape index (κ1) is 19.7. The Kier molecular flexibility index (Phi) is 11.5. The first-order valence-corrected chi connectivity index (χ1v) is 10.6. The van der Waals surface area contributed by atoms with E-state index in [4.69, 9.17) is 19.2 Å². The molecule has 0 rings (SSSR count). The van der Waals surface area contributed by atoms with Crippen molar-refractivity contribution in [2.24, 2.45) is 0 Å². The normalized spacial score (nSPS) is 12.4. The maximum atomic E-state index is 9.15. The molecule has 0 aliphatic carbocycles. The van der Waals surface area contributed by atoms with Crippen LogP contribution in [0.25, 0.3) is 0 Å². The van der Waals surface area contributed by atoms with Crippen LogP contribution in [0.4, 0.5) is 0 Å². The molecule has 0 atom stereocenters. The van der Waals surface area contributed by atoms with Crippen molar-refractivity contribution in [1.82, 2.24) is 0 Å². The standard InChI is InChI=1S/C9H23O4Si2.Y/c1-14(10,11)8-6-4-3-5-7-9-15(2,12)13;/h3,10-13H,4-9H2,1-2H3;/q-1;. The zero-order chi connectivity index (χ0) is 11.9. The average Bonchev–Trinajstić information content (AvgIpc) is 1.98.